The van der Waals surface area contributed by atoms with E-state index in [1.165, 1.54) is 20.0 Å². The van der Waals surface area contributed by atoms with Crippen molar-refractivity contribution < 1.29 is 24.1 Å². The molecular formula is C14H27NO5. The third-order valence-corrected chi connectivity index (χ3v) is 3.59. The van der Waals surface area contributed by atoms with Crippen LogP contribution < -0.4 is 0 Å². The second-order valence-corrected chi connectivity index (χ2v) is 5.17. The molecular weight excluding hydrogens is 262 g/mol. The molecule has 0 aromatic rings. The topological polar surface area (TPSA) is 68.2 Å². The van der Waals surface area contributed by atoms with Crippen LogP contribution in [0.3, 0.4) is 0 Å². The molecule has 0 spiro atoms. The molecule has 0 aromatic heterocycles. The highest BCUT2D eigenvalue weighted by Crippen LogP contribution is 2.23. The van der Waals surface area contributed by atoms with Crippen LogP contribution >= 0.6 is 0 Å². The molecule has 118 valence electrons. The Hall–Kier alpha value is -0.690. The fourth-order valence-electron chi connectivity index (χ4n) is 2.53. The first-order valence-corrected chi connectivity index (χ1v) is 7.23. The van der Waals surface area contributed by atoms with Gasteiger partial charge in [-0.25, -0.2) is 0 Å². The normalized spacial score (nSPS) is 17.6. The summed E-state index contributed by atoms with van der Waals surface area (Å²) >= 11 is 0. The summed E-state index contributed by atoms with van der Waals surface area (Å²) in [5.41, 5.74) is 0. The maximum Gasteiger partial charge on any atom is 0.319 e. The third kappa shape index (κ3) is 6.65. The monoisotopic (exact) mass is 289 g/mol. The molecule has 20 heavy (non-hydrogen) atoms. The van der Waals surface area contributed by atoms with E-state index in [2.05, 4.69) is 0 Å². The average Bonchev–Trinajstić information content (AvgIpc) is 2.97. The number of hydrogen-bond donors (Lipinski definition) is 1. The van der Waals surface area contributed by atoms with Crippen molar-refractivity contribution in [2.45, 2.75) is 37.8 Å². The highest BCUT2D eigenvalue weighted by Gasteiger charge is 2.26. The van der Waals surface area contributed by atoms with Gasteiger partial charge in [0.2, 0.25) is 0 Å². The largest absolute Gasteiger partial charge is 0.468 e. The fraction of sp³-hybridized carbons (Fsp3) is 0.929. The molecule has 6 nitrogen and oxygen atoms in total. The van der Waals surface area contributed by atoms with Gasteiger partial charge in [-0.05, 0) is 12.8 Å². The van der Waals surface area contributed by atoms with Crippen molar-refractivity contribution in [2.75, 3.05) is 47.1 Å². The van der Waals surface area contributed by atoms with E-state index in [0.29, 0.717) is 25.8 Å². The van der Waals surface area contributed by atoms with Crippen LogP contribution in [0.4, 0.5) is 0 Å². The number of carbonyl (C=O) groups is 1. The summed E-state index contributed by atoms with van der Waals surface area (Å²) in [6.07, 6.45) is 3.92. The quantitative estimate of drug-likeness (QED) is 0.464. The zero-order valence-electron chi connectivity index (χ0n) is 12.5. The lowest BCUT2D eigenvalue weighted by molar-refractivity contribution is -0.143. The van der Waals surface area contributed by atoms with Crippen molar-refractivity contribution in [3.63, 3.8) is 0 Å². The lowest BCUT2D eigenvalue weighted by atomic mass is 10.2. The molecule has 1 aliphatic carbocycles. The van der Waals surface area contributed by atoms with E-state index in [9.17, 15) is 9.90 Å². The van der Waals surface area contributed by atoms with Crippen LogP contribution in [-0.4, -0.2) is 75.3 Å². The van der Waals surface area contributed by atoms with Crippen LogP contribution in [0.1, 0.15) is 25.7 Å². The van der Waals surface area contributed by atoms with Crippen molar-refractivity contribution >= 4 is 5.97 Å². The van der Waals surface area contributed by atoms with Gasteiger partial charge in [0.1, 0.15) is 0 Å². The Morgan fingerprint density at radius 3 is 2.60 bits per heavy atom. The lowest BCUT2D eigenvalue weighted by Gasteiger charge is -2.29. The molecule has 0 heterocycles. The van der Waals surface area contributed by atoms with E-state index >= 15 is 0 Å². The molecule has 6 heteroatoms. The van der Waals surface area contributed by atoms with Crippen LogP contribution in [-0.2, 0) is 19.0 Å². The molecule has 0 aromatic carbocycles. The summed E-state index contributed by atoms with van der Waals surface area (Å²) in [4.78, 5) is 13.5. The second kappa shape index (κ2) is 10.1. The molecule has 0 radical (unpaired) electrons. The van der Waals surface area contributed by atoms with Gasteiger partial charge in [0.15, 0.2) is 0 Å². The lowest BCUT2D eigenvalue weighted by Crippen LogP contribution is -2.43. The number of aliphatic hydroxyl groups is 1. The number of carbonyl (C=O) groups excluding carboxylic acids is 1. The number of ether oxygens (including phenoxy) is 3. The van der Waals surface area contributed by atoms with Crippen molar-refractivity contribution in [3.8, 4) is 0 Å². The summed E-state index contributed by atoms with van der Waals surface area (Å²) in [5.74, 6) is -0.260. The van der Waals surface area contributed by atoms with E-state index in [4.69, 9.17) is 14.2 Å². The SMILES string of the molecule is COCCOCC(O)CN(CC(=O)OC)C1CCCC1. The standard InChI is InChI=1S/C14H27NO5/c1-18-7-8-20-11-13(16)9-15(10-14(17)19-2)12-5-3-4-6-12/h12-13,16H,3-11H2,1-2H3. The number of hydrogen-bond acceptors (Lipinski definition) is 6. The highest BCUT2D eigenvalue weighted by molar-refractivity contribution is 5.71. The smallest absolute Gasteiger partial charge is 0.319 e. The van der Waals surface area contributed by atoms with Gasteiger partial charge in [-0.2, -0.15) is 0 Å². The highest BCUT2D eigenvalue weighted by atomic mass is 16.5. The van der Waals surface area contributed by atoms with Crippen molar-refractivity contribution in [1.29, 1.82) is 0 Å². The van der Waals surface area contributed by atoms with Crippen LogP contribution in [0, 0.1) is 0 Å². The van der Waals surface area contributed by atoms with Crippen LogP contribution in [0.15, 0.2) is 0 Å². The Kier molecular flexibility index (Phi) is 8.77. The third-order valence-electron chi connectivity index (χ3n) is 3.59. The molecule has 1 aliphatic rings. The van der Waals surface area contributed by atoms with Gasteiger partial charge < -0.3 is 19.3 Å². The summed E-state index contributed by atoms with van der Waals surface area (Å²) in [6.45, 7) is 1.91. The molecule has 1 N–H and O–H groups in total. The minimum Gasteiger partial charge on any atom is -0.468 e. The van der Waals surface area contributed by atoms with Gasteiger partial charge in [0.25, 0.3) is 0 Å². The summed E-state index contributed by atoms with van der Waals surface area (Å²) in [6, 6.07) is 0.364. The Morgan fingerprint density at radius 2 is 2.00 bits per heavy atom. The molecule has 1 fully saturated rings. The Labute approximate surface area is 121 Å². The van der Waals surface area contributed by atoms with Crippen LogP contribution in [0.2, 0.25) is 0 Å². The molecule has 1 atom stereocenters. The van der Waals surface area contributed by atoms with Crippen LogP contribution in [0.25, 0.3) is 0 Å². The van der Waals surface area contributed by atoms with E-state index in [-0.39, 0.29) is 19.1 Å². The van der Waals surface area contributed by atoms with Crippen LogP contribution in [0.5, 0.6) is 0 Å². The molecule has 0 bridgehead atoms. The molecule has 0 saturated heterocycles. The van der Waals surface area contributed by atoms with E-state index in [1.54, 1.807) is 7.11 Å². The van der Waals surface area contributed by atoms with E-state index < -0.39 is 6.10 Å². The summed E-state index contributed by atoms with van der Waals surface area (Å²) < 4.78 is 14.9. The predicted octanol–water partition coefficient (Wildman–Crippen LogP) is 0.428. The van der Waals surface area contributed by atoms with E-state index in [1.807, 2.05) is 4.90 Å². The average molecular weight is 289 g/mol. The minimum absolute atomic E-state index is 0.232. The van der Waals surface area contributed by atoms with Gasteiger partial charge in [-0.3, -0.25) is 9.69 Å². The molecule has 0 amide bonds. The van der Waals surface area contributed by atoms with Gasteiger partial charge >= 0.3 is 5.97 Å². The molecule has 1 rings (SSSR count). The predicted molar refractivity (Wildman–Crippen MR) is 74.5 cm³/mol. The van der Waals surface area contributed by atoms with Crippen molar-refractivity contribution in [3.05, 3.63) is 0 Å². The first-order chi connectivity index (χ1) is 9.67. The molecule has 1 unspecified atom stereocenters. The van der Waals surface area contributed by atoms with Crippen molar-refractivity contribution in [2.24, 2.45) is 0 Å². The van der Waals surface area contributed by atoms with Gasteiger partial charge in [0.05, 0.1) is 39.6 Å². The summed E-state index contributed by atoms with van der Waals surface area (Å²) in [7, 11) is 3.00. The second-order valence-electron chi connectivity index (χ2n) is 5.17. The van der Waals surface area contributed by atoms with Gasteiger partial charge in [0, 0.05) is 19.7 Å². The number of esters is 1. The Balaban J connectivity index is 2.36. The van der Waals surface area contributed by atoms with Gasteiger partial charge in [-0.15, -0.1) is 0 Å². The number of nitrogens with zero attached hydrogens (tertiary/aromatic N) is 1. The minimum atomic E-state index is -0.600. The number of rotatable bonds is 10. The zero-order valence-corrected chi connectivity index (χ0v) is 12.5. The first-order valence-electron chi connectivity index (χ1n) is 7.23. The molecule has 1 saturated carbocycles. The van der Waals surface area contributed by atoms with Gasteiger partial charge in [-0.1, -0.05) is 12.8 Å². The maximum atomic E-state index is 11.5. The first kappa shape index (κ1) is 17.4. The summed E-state index contributed by atoms with van der Waals surface area (Å²) in [5, 5.41) is 10.0. The number of methoxy groups -OCH3 is 2. The number of aliphatic hydroxyl groups excluding tert-OH is 1. The van der Waals surface area contributed by atoms with Crippen molar-refractivity contribution in [1.82, 2.24) is 4.90 Å². The Morgan fingerprint density at radius 1 is 1.30 bits per heavy atom. The maximum absolute atomic E-state index is 11.5. The molecule has 0 aliphatic heterocycles. The zero-order chi connectivity index (χ0) is 14.8. The van der Waals surface area contributed by atoms with E-state index in [0.717, 1.165) is 12.8 Å². The fourth-order valence-corrected chi connectivity index (χ4v) is 2.53. The Bertz CT molecular complexity index is 268.